The summed E-state index contributed by atoms with van der Waals surface area (Å²) in [5, 5.41) is 3.36. The fraction of sp³-hybridized carbons (Fsp3) is 0.267. The SMILES string of the molecule is Cc1ccc(CNc2ccc(OCCC(N)=O)cc2)s1. The summed E-state index contributed by atoms with van der Waals surface area (Å²) >= 11 is 1.79. The van der Waals surface area contributed by atoms with Gasteiger partial charge in [-0.1, -0.05) is 0 Å². The van der Waals surface area contributed by atoms with Crippen molar-refractivity contribution in [3.63, 3.8) is 0 Å². The number of carbonyl (C=O) groups excluding carboxylic acids is 1. The number of benzene rings is 1. The van der Waals surface area contributed by atoms with Crippen LogP contribution in [0.1, 0.15) is 16.2 Å². The molecule has 1 heterocycles. The van der Waals surface area contributed by atoms with E-state index in [2.05, 4.69) is 24.4 Å². The molecule has 0 radical (unpaired) electrons. The summed E-state index contributed by atoms with van der Waals surface area (Å²) in [6, 6.07) is 11.9. The third-order valence-corrected chi connectivity index (χ3v) is 3.73. The summed E-state index contributed by atoms with van der Waals surface area (Å²) in [5.74, 6) is 0.387. The first-order valence-electron chi connectivity index (χ1n) is 6.44. The highest BCUT2D eigenvalue weighted by atomic mass is 32.1. The van der Waals surface area contributed by atoms with Gasteiger partial charge < -0.3 is 15.8 Å². The number of hydrogen-bond donors (Lipinski definition) is 2. The fourth-order valence-corrected chi connectivity index (χ4v) is 2.54. The average Bonchev–Trinajstić information content (AvgIpc) is 2.83. The van der Waals surface area contributed by atoms with Gasteiger partial charge in [0.05, 0.1) is 13.0 Å². The van der Waals surface area contributed by atoms with Gasteiger partial charge >= 0.3 is 0 Å². The molecule has 4 nitrogen and oxygen atoms in total. The lowest BCUT2D eigenvalue weighted by molar-refractivity contribution is -0.118. The summed E-state index contributed by atoms with van der Waals surface area (Å²) in [7, 11) is 0. The van der Waals surface area contributed by atoms with Gasteiger partial charge in [-0.2, -0.15) is 0 Å². The van der Waals surface area contributed by atoms with Crippen molar-refractivity contribution < 1.29 is 9.53 Å². The van der Waals surface area contributed by atoms with E-state index in [9.17, 15) is 4.79 Å². The minimum atomic E-state index is -0.352. The molecule has 3 N–H and O–H groups in total. The smallest absolute Gasteiger partial charge is 0.220 e. The van der Waals surface area contributed by atoms with Gasteiger partial charge in [0.2, 0.25) is 5.91 Å². The molecule has 0 aliphatic rings. The number of amides is 1. The van der Waals surface area contributed by atoms with E-state index in [0.717, 1.165) is 18.0 Å². The van der Waals surface area contributed by atoms with E-state index in [4.69, 9.17) is 10.5 Å². The molecule has 5 heteroatoms. The zero-order valence-electron chi connectivity index (χ0n) is 11.4. The molecule has 0 saturated heterocycles. The predicted molar refractivity (Wildman–Crippen MR) is 82.1 cm³/mol. The van der Waals surface area contributed by atoms with Crippen molar-refractivity contribution >= 4 is 22.9 Å². The quantitative estimate of drug-likeness (QED) is 0.824. The van der Waals surface area contributed by atoms with E-state index in [-0.39, 0.29) is 12.3 Å². The number of nitrogens with two attached hydrogens (primary N) is 1. The Morgan fingerprint density at radius 2 is 2.00 bits per heavy atom. The van der Waals surface area contributed by atoms with Crippen LogP contribution in [-0.4, -0.2) is 12.5 Å². The Morgan fingerprint density at radius 1 is 1.25 bits per heavy atom. The summed E-state index contributed by atoms with van der Waals surface area (Å²) in [4.78, 5) is 13.2. The normalized spacial score (nSPS) is 10.2. The molecule has 0 aliphatic carbocycles. The van der Waals surface area contributed by atoms with Gasteiger partial charge in [-0.05, 0) is 43.3 Å². The number of rotatable bonds is 7. The van der Waals surface area contributed by atoms with Gasteiger partial charge in [0.25, 0.3) is 0 Å². The third kappa shape index (κ3) is 4.59. The lowest BCUT2D eigenvalue weighted by Gasteiger charge is -2.07. The first-order valence-corrected chi connectivity index (χ1v) is 7.25. The highest BCUT2D eigenvalue weighted by Gasteiger charge is 1.99. The second kappa shape index (κ2) is 6.96. The number of thiophene rings is 1. The van der Waals surface area contributed by atoms with E-state index in [0.29, 0.717) is 6.61 Å². The topological polar surface area (TPSA) is 64.3 Å². The van der Waals surface area contributed by atoms with E-state index in [1.54, 1.807) is 11.3 Å². The van der Waals surface area contributed by atoms with Crippen molar-refractivity contribution in [2.24, 2.45) is 5.73 Å². The first kappa shape index (κ1) is 14.4. The zero-order chi connectivity index (χ0) is 14.4. The van der Waals surface area contributed by atoms with Gasteiger partial charge in [0, 0.05) is 22.0 Å². The zero-order valence-corrected chi connectivity index (χ0v) is 12.2. The second-order valence-corrected chi connectivity index (χ2v) is 5.83. The molecular formula is C15H18N2O2S. The van der Waals surface area contributed by atoms with E-state index < -0.39 is 0 Å². The molecule has 0 unspecified atom stereocenters. The molecule has 1 amide bonds. The number of primary amides is 1. The van der Waals surface area contributed by atoms with Crippen LogP contribution >= 0.6 is 11.3 Å². The van der Waals surface area contributed by atoms with Crippen LogP contribution in [0.5, 0.6) is 5.75 Å². The number of ether oxygens (including phenoxy) is 1. The Kier molecular flexibility index (Phi) is 5.01. The lowest BCUT2D eigenvalue weighted by atomic mass is 10.3. The number of carbonyl (C=O) groups is 1. The van der Waals surface area contributed by atoms with Crippen LogP contribution in [0.4, 0.5) is 5.69 Å². The Bertz CT molecular complexity index is 564. The van der Waals surface area contributed by atoms with Gasteiger partial charge in [0.1, 0.15) is 5.75 Å². The molecule has 0 fully saturated rings. The van der Waals surface area contributed by atoms with Crippen LogP contribution in [-0.2, 0) is 11.3 Å². The summed E-state index contributed by atoms with van der Waals surface area (Å²) in [5.41, 5.74) is 6.09. The average molecular weight is 290 g/mol. The molecular weight excluding hydrogens is 272 g/mol. The number of hydrogen-bond acceptors (Lipinski definition) is 4. The van der Waals surface area contributed by atoms with Gasteiger partial charge in [-0.25, -0.2) is 0 Å². The monoisotopic (exact) mass is 290 g/mol. The first-order chi connectivity index (χ1) is 9.63. The minimum Gasteiger partial charge on any atom is -0.493 e. The van der Waals surface area contributed by atoms with Gasteiger partial charge in [-0.3, -0.25) is 4.79 Å². The number of anilines is 1. The fourth-order valence-electron chi connectivity index (χ4n) is 1.71. The number of nitrogens with one attached hydrogen (secondary N) is 1. The van der Waals surface area contributed by atoms with Crippen molar-refractivity contribution in [2.75, 3.05) is 11.9 Å². The van der Waals surface area contributed by atoms with E-state index >= 15 is 0 Å². The maximum Gasteiger partial charge on any atom is 0.220 e. The van der Waals surface area contributed by atoms with Crippen LogP contribution in [0.2, 0.25) is 0 Å². The van der Waals surface area contributed by atoms with Gasteiger partial charge in [0.15, 0.2) is 0 Å². The van der Waals surface area contributed by atoms with Crippen molar-refractivity contribution in [3.8, 4) is 5.75 Å². The van der Waals surface area contributed by atoms with Crippen molar-refractivity contribution in [2.45, 2.75) is 19.9 Å². The molecule has 1 aromatic carbocycles. The standard InChI is InChI=1S/C15H18N2O2S/c1-11-2-7-14(20-11)10-17-12-3-5-13(6-4-12)19-9-8-15(16)18/h2-7,17H,8-10H2,1H3,(H2,16,18). The Balaban J connectivity index is 1.80. The molecule has 20 heavy (non-hydrogen) atoms. The van der Waals surface area contributed by atoms with Crippen LogP contribution in [0.15, 0.2) is 36.4 Å². The summed E-state index contributed by atoms with van der Waals surface area (Å²) in [6.07, 6.45) is 0.234. The number of aryl methyl sites for hydroxylation is 1. The third-order valence-electron chi connectivity index (χ3n) is 2.73. The van der Waals surface area contributed by atoms with Crippen molar-refractivity contribution in [3.05, 3.63) is 46.2 Å². The van der Waals surface area contributed by atoms with Crippen LogP contribution in [0, 0.1) is 6.92 Å². The molecule has 0 saturated carbocycles. The highest BCUT2D eigenvalue weighted by Crippen LogP contribution is 2.19. The van der Waals surface area contributed by atoms with Gasteiger partial charge in [-0.15, -0.1) is 11.3 Å². The van der Waals surface area contributed by atoms with Crippen LogP contribution in [0.3, 0.4) is 0 Å². The minimum absolute atomic E-state index is 0.234. The Morgan fingerprint density at radius 3 is 2.60 bits per heavy atom. The predicted octanol–water partition coefficient (Wildman–Crippen LogP) is 2.92. The molecule has 2 aromatic rings. The summed E-state index contributed by atoms with van der Waals surface area (Å²) in [6.45, 7) is 3.24. The summed E-state index contributed by atoms with van der Waals surface area (Å²) < 4.78 is 5.41. The molecule has 0 spiro atoms. The second-order valence-electron chi connectivity index (χ2n) is 4.46. The van der Waals surface area contributed by atoms with Crippen LogP contribution < -0.4 is 15.8 Å². The van der Waals surface area contributed by atoms with Crippen molar-refractivity contribution in [1.29, 1.82) is 0 Å². The molecule has 106 valence electrons. The van der Waals surface area contributed by atoms with E-state index in [1.807, 2.05) is 24.3 Å². The maximum absolute atomic E-state index is 10.6. The molecule has 0 atom stereocenters. The molecule has 0 bridgehead atoms. The Hall–Kier alpha value is -2.01. The lowest BCUT2D eigenvalue weighted by Crippen LogP contribution is -2.14. The highest BCUT2D eigenvalue weighted by molar-refractivity contribution is 7.11. The molecule has 0 aliphatic heterocycles. The maximum atomic E-state index is 10.6. The van der Waals surface area contributed by atoms with Crippen LogP contribution in [0.25, 0.3) is 0 Å². The van der Waals surface area contributed by atoms with Crippen molar-refractivity contribution in [1.82, 2.24) is 0 Å². The largest absolute Gasteiger partial charge is 0.493 e. The molecule has 2 rings (SSSR count). The molecule has 1 aromatic heterocycles. The Labute approximate surface area is 122 Å². The van der Waals surface area contributed by atoms with E-state index in [1.165, 1.54) is 9.75 Å².